The predicted octanol–water partition coefficient (Wildman–Crippen LogP) is 0.0890. The van der Waals surface area contributed by atoms with Crippen LogP contribution < -0.4 is 5.48 Å². The van der Waals surface area contributed by atoms with Gasteiger partial charge >= 0.3 is 5.97 Å². The molecular weight excluding hydrogens is 134 g/mol. The molecule has 0 saturated carbocycles. The standard InChI is InChI=1S/C6H13NO3/c1-6(2,7-10-4)5(8)9-3/h7H,1-4H3. The largest absolute Gasteiger partial charge is 0.468 e. The predicted molar refractivity (Wildman–Crippen MR) is 36.2 cm³/mol. The third-order valence-electron chi connectivity index (χ3n) is 1.05. The second-order valence-corrected chi connectivity index (χ2v) is 2.42. The van der Waals surface area contributed by atoms with Gasteiger partial charge in [0.2, 0.25) is 0 Å². The number of carbonyl (C=O) groups is 1. The molecule has 0 radical (unpaired) electrons. The fourth-order valence-corrected chi connectivity index (χ4v) is 0.552. The minimum atomic E-state index is -0.774. The molecule has 0 bridgehead atoms. The van der Waals surface area contributed by atoms with Crippen molar-refractivity contribution in [3.8, 4) is 0 Å². The van der Waals surface area contributed by atoms with E-state index in [0.717, 1.165) is 0 Å². The van der Waals surface area contributed by atoms with E-state index >= 15 is 0 Å². The average Bonchev–Trinajstić information content (AvgIpc) is 1.86. The van der Waals surface area contributed by atoms with E-state index in [9.17, 15) is 4.79 Å². The first-order valence-electron chi connectivity index (χ1n) is 2.93. The van der Waals surface area contributed by atoms with E-state index in [-0.39, 0.29) is 5.97 Å². The zero-order valence-electron chi connectivity index (χ0n) is 6.72. The first-order valence-corrected chi connectivity index (χ1v) is 2.93. The van der Waals surface area contributed by atoms with Crippen LogP contribution >= 0.6 is 0 Å². The number of methoxy groups -OCH3 is 1. The molecule has 0 aromatic rings. The van der Waals surface area contributed by atoms with E-state index in [1.807, 2.05) is 0 Å². The Balaban J connectivity index is 3.96. The van der Waals surface area contributed by atoms with Crippen LogP contribution in [0.15, 0.2) is 0 Å². The molecule has 0 aliphatic heterocycles. The van der Waals surface area contributed by atoms with Crippen LogP contribution in [0.3, 0.4) is 0 Å². The Morgan fingerprint density at radius 3 is 2.20 bits per heavy atom. The fraction of sp³-hybridized carbons (Fsp3) is 0.833. The summed E-state index contributed by atoms with van der Waals surface area (Å²) in [6.07, 6.45) is 0. The zero-order valence-corrected chi connectivity index (χ0v) is 6.72. The molecule has 1 N–H and O–H groups in total. The highest BCUT2D eigenvalue weighted by molar-refractivity contribution is 5.79. The first-order chi connectivity index (χ1) is 4.54. The lowest BCUT2D eigenvalue weighted by Gasteiger charge is -2.20. The molecule has 4 nitrogen and oxygen atoms in total. The Morgan fingerprint density at radius 1 is 1.40 bits per heavy atom. The SMILES string of the molecule is CONC(C)(C)C(=O)OC. The Hall–Kier alpha value is -0.610. The van der Waals surface area contributed by atoms with Gasteiger partial charge in [-0.25, -0.2) is 4.79 Å². The number of hydrogen-bond donors (Lipinski definition) is 1. The van der Waals surface area contributed by atoms with E-state index in [0.29, 0.717) is 0 Å². The lowest BCUT2D eigenvalue weighted by molar-refractivity contribution is -0.152. The molecule has 0 fully saturated rings. The smallest absolute Gasteiger partial charge is 0.327 e. The first kappa shape index (κ1) is 9.39. The highest BCUT2D eigenvalue weighted by Crippen LogP contribution is 2.02. The topological polar surface area (TPSA) is 47.6 Å². The summed E-state index contributed by atoms with van der Waals surface area (Å²) < 4.78 is 4.49. The van der Waals surface area contributed by atoms with Crippen molar-refractivity contribution in [3.05, 3.63) is 0 Å². The molecule has 0 saturated heterocycles. The maximum absolute atomic E-state index is 10.9. The van der Waals surface area contributed by atoms with Gasteiger partial charge in [-0.2, -0.15) is 5.48 Å². The van der Waals surface area contributed by atoms with Gasteiger partial charge < -0.3 is 9.57 Å². The number of hydroxylamine groups is 1. The van der Waals surface area contributed by atoms with Crippen LogP contribution in [0.25, 0.3) is 0 Å². The van der Waals surface area contributed by atoms with Gasteiger partial charge in [-0.05, 0) is 13.8 Å². The summed E-state index contributed by atoms with van der Waals surface area (Å²) in [4.78, 5) is 15.4. The summed E-state index contributed by atoms with van der Waals surface area (Å²) in [5.41, 5.74) is 1.72. The maximum atomic E-state index is 10.9. The summed E-state index contributed by atoms with van der Waals surface area (Å²) in [7, 11) is 2.78. The van der Waals surface area contributed by atoms with Gasteiger partial charge in [0.1, 0.15) is 5.54 Å². The monoisotopic (exact) mass is 147 g/mol. The van der Waals surface area contributed by atoms with Crippen LogP contribution in [-0.4, -0.2) is 25.7 Å². The minimum absolute atomic E-state index is 0.352. The average molecular weight is 147 g/mol. The lowest BCUT2D eigenvalue weighted by Crippen LogP contribution is -2.46. The van der Waals surface area contributed by atoms with Crippen LogP contribution in [0.1, 0.15) is 13.8 Å². The maximum Gasteiger partial charge on any atom is 0.327 e. The van der Waals surface area contributed by atoms with Crippen LogP contribution in [-0.2, 0) is 14.4 Å². The molecule has 0 atom stereocenters. The van der Waals surface area contributed by atoms with E-state index < -0.39 is 5.54 Å². The van der Waals surface area contributed by atoms with Gasteiger partial charge in [0.15, 0.2) is 0 Å². The van der Waals surface area contributed by atoms with Gasteiger partial charge in [-0.15, -0.1) is 0 Å². The quantitative estimate of drug-likeness (QED) is 0.454. The second-order valence-electron chi connectivity index (χ2n) is 2.42. The van der Waals surface area contributed by atoms with Gasteiger partial charge in [0, 0.05) is 0 Å². The highest BCUT2D eigenvalue weighted by Gasteiger charge is 2.27. The zero-order chi connectivity index (χ0) is 8.20. The molecular formula is C6H13NO3. The number of rotatable bonds is 3. The molecule has 0 spiro atoms. The number of nitrogens with one attached hydrogen (secondary N) is 1. The van der Waals surface area contributed by atoms with Crippen LogP contribution in [0.2, 0.25) is 0 Å². The molecule has 0 rings (SSSR count). The molecule has 4 heteroatoms. The van der Waals surface area contributed by atoms with Crippen LogP contribution in [0, 0.1) is 0 Å². The number of ether oxygens (including phenoxy) is 1. The summed E-state index contributed by atoms with van der Waals surface area (Å²) >= 11 is 0. The van der Waals surface area contributed by atoms with Crippen molar-refractivity contribution in [2.24, 2.45) is 0 Å². The van der Waals surface area contributed by atoms with E-state index in [1.54, 1.807) is 13.8 Å². The second kappa shape index (κ2) is 3.53. The normalized spacial score (nSPS) is 11.2. The van der Waals surface area contributed by atoms with Gasteiger partial charge in [0.25, 0.3) is 0 Å². The van der Waals surface area contributed by atoms with Gasteiger partial charge in [-0.1, -0.05) is 0 Å². The fourth-order valence-electron chi connectivity index (χ4n) is 0.552. The van der Waals surface area contributed by atoms with Gasteiger partial charge in [-0.3, -0.25) is 0 Å². The highest BCUT2D eigenvalue weighted by atomic mass is 16.6. The molecule has 0 aliphatic carbocycles. The summed E-state index contributed by atoms with van der Waals surface area (Å²) in [6, 6.07) is 0. The van der Waals surface area contributed by atoms with Crippen molar-refractivity contribution >= 4 is 5.97 Å². The van der Waals surface area contributed by atoms with Crippen molar-refractivity contribution in [3.63, 3.8) is 0 Å². The van der Waals surface area contributed by atoms with Crippen molar-refractivity contribution < 1.29 is 14.4 Å². The molecule has 0 heterocycles. The summed E-state index contributed by atoms with van der Waals surface area (Å²) in [5, 5.41) is 0. The Labute approximate surface area is 60.5 Å². The molecule has 0 aliphatic rings. The van der Waals surface area contributed by atoms with E-state index in [2.05, 4.69) is 15.1 Å². The summed E-state index contributed by atoms with van der Waals surface area (Å²) in [5.74, 6) is -0.352. The molecule has 0 unspecified atom stereocenters. The van der Waals surface area contributed by atoms with Crippen LogP contribution in [0.4, 0.5) is 0 Å². The van der Waals surface area contributed by atoms with Crippen molar-refractivity contribution in [2.75, 3.05) is 14.2 Å². The molecule has 0 aromatic carbocycles. The number of esters is 1. The lowest BCUT2D eigenvalue weighted by atomic mass is 10.1. The third kappa shape index (κ3) is 2.33. The van der Waals surface area contributed by atoms with Crippen molar-refractivity contribution in [1.29, 1.82) is 0 Å². The van der Waals surface area contributed by atoms with Crippen molar-refractivity contribution in [2.45, 2.75) is 19.4 Å². The van der Waals surface area contributed by atoms with Crippen LogP contribution in [0.5, 0.6) is 0 Å². The third-order valence-corrected chi connectivity index (χ3v) is 1.05. The van der Waals surface area contributed by atoms with Crippen molar-refractivity contribution in [1.82, 2.24) is 5.48 Å². The Kier molecular flexibility index (Phi) is 3.32. The minimum Gasteiger partial charge on any atom is -0.468 e. The Morgan fingerprint density at radius 2 is 1.90 bits per heavy atom. The molecule has 0 aromatic heterocycles. The number of carbonyl (C=O) groups excluding carboxylic acids is 1. The Bertz CT molecular complexity index is 122. The van der Waals surface area contributed by atoms with E-state index in [1.165, 1.54) is 14.2 Å². The molecule has 10 heavy (non-hydrogen) atoms. The molecule has 0 amide bonds. The molecule has 60 valence electrons. The van der Waals surface area contributed by atoms with Gasteiger partial charge in [0.05, 0.1) is 14.2 Å². The summed E-state index contributed by atoms with van der Waals surface area (Å²) in [6.45, 7) is 3.34. The van der Waals surface area contributed by atoms with E-state index in [4.69, 9.17) is 0 Å². The number of hydrogen-bond acceptors (Lipinski definition) is 4.